The summed E-state index contributed by atoms with van der Waals surface area (Å²) >= 11 is 12.5. The Kier molecular flexibility index (Phi) is 5.72. The molecule has 158 valence electrons. The Bertz CT molecular complexity index is 1220. The van der Waals surface area contributed by atoms with Crippen molar-refractivity contribution in [2.24, 2.45) is 0 Å². The molecule has 0 N–H and O–H groups in total. The number of carbonyl (C=O) groups excluding carboxylic acids is 1. The third-order valence-electron chi connectivity index (χ3n) is 4.55. The Labute approximate surface area is 190 Å². The quantitative estimate of drug-likeness (QED) is 0.282. The third-order valence-corrected chi connectivity index (χ3v) is 6.29. The van der Waals surface area contributed by atoms with Gasteiger partial charge in [-0.15, -0.1) is 0 Å². The number of nitrogens with zero attached hydrogens (tertiary/aromatic N) is 1. The Morgan fingerprint density at radius 2 is 1.81 bits per heavy atom. The van der Waals surface area contributed by atoms with Crippen LogP contribution in [0.25, 0.3) is 17.4 Å². The number of rotatable bonds is 3. The average molecular weight is 480 g/mol. The first-order valence-corrected chi connectivity index (χ1v) is 10.6. The van der Waals surface area contributed by atoms with Crippen LogP contribution in [0.1, 0.15) is 16.9 Å². The van der Waals surface area contributed by atoms with Gasteiger partial charge in [0, 0.05) is 5.56 Å². The minimum atomic E-state index is -4.50. The molecule has 1 amide bonds. The Morgan fingerprint density at radius 3 is 2.48 bits per heavy atom. The fraction of sp³-hybridized carbons (Fsp3) is 0.0909. The SMILES string of the molecule is Cc1ccc(N2C(=O)S/C(=C\c3ccc(-c4cc(C(F)(F)F)ccc4Cl)o3)C2=S)cc1. The van der Waals surface area contributed by atoms with Crippen LogP contribution >= 0.6 is 35.6 Å². The van der Waals surface area contributed by atoms with Crippen molar-refractivity contribution in [1.29, 1.82) is 0 Å². The van der Waals surface area contributed by atoms with Crippen molar-refractivity contribution < 1.29 is 22.4 Å². The lowest BCUT2D eigenvalue weighted by molar-refractivity contribution is -0.137. The summed E-state index contributed by atoms with van der Waals surface area (Å²) in [5, 5.41) is -0.110. The van der Waals surface area contributed by atoms with Crippen molar-refractivity contribution in [2.45, 2.75) is 13.1 Å². The topological polar surface area (TPSA) is 33.5 Å². The second-order valence-corrected chi connectivity index (χ2v) is 8.53. The first-order valence-electron chi connectivity index (χ1n) is 8.95. The fourth-order valence-electron chi connectivity index (χ4n) is 2.98. The van der Waals surface area contributed by atoms with Crippen molar-refractivity contribution in [1.82, 2.24) is 0 Å². The number of amides is 1. The molecular weight excluding hydrogens is 467 g/mol. The second kappa shape index (κ2) is 8.18. The van der Waals surface area contributed by atoms with E-state index in [0.29, 0.717) is 21.3 Å². The zero-order valence-corrected chi connectivity index (χ0v) is 18.3. The molecule has 9 heteroatoms. The molecule has 4 rings (SSSR count). The lowest BCUT2D eigenvalue weighted by atomic mass is 10.1. The van der Waals surface area contributed by atoms with E-state index in [2.05, 4.69) is 0 Å². The number of carbonyl (C=O) groups is 1. The molecule has 1 aromatic heterocycles. The molecule has 0 saturated carbocycles. The van der Waals surface area contributed by atoms with Crippen LogP contribution in [0, 0.1) is 6.92 Å². The maximum Gasteiger partial charge on any atom is 0.416 e. The Morgan fingerprint density at radius 1 is 1.10 bits per heavy atom. The number of thioether (sulfide) groups is 1. The molecule has 1 aliphatic rings. The fourth-order valence-corrected chi connectivity index (χ4v) is 4.45. The lowest BCUT2D eigenvalue weighted by Crippen LogP contribution is -2.26. The van der Waals surface area contributed by atoms with E-state index in [0.717, 1.165) is 29.5 Å². The van der Waals surface area contributed by atoms with Gasteiger partial charge in [-0.3, -0.25) is 9.69 Å². The summed E-state index contributed by atoms with van der Waals surface area (Å²) in [5.74, 6) is 0.519. The van der Waals surface area contributed by atoms with Gasteiger partial charge in [0.2, 0.25) is 0 Å². The number of aryl methyl sites for hydroxylation is 1. The predicted molar refractivity (Wildman–Crippen MR) is 121 cm³/mol. The zero-order valence-electron chi connectivity index (χ0n) is 15.9. The molecule has 3 aromatic rings. The number of thiocarbonyl (C=S) groups is 1. The number of benzene rings is 2. The van der Waals surface area contributed by atoms with Crippen LogP contribution in [0.3, 0.4) is 0 Å². The highest BCUT2D eigenvalue weighted by Gasteiger charge is 2.33. The van der Waals surface area contributed by atoms with Crippen molar-refractivity contribution in [3.05, 3.63) is 81.4 Å². The standard InChI is InChI=1S/C22H13ClF3NO2S2/c1-12-2-5-14(6-3-12)27-20(30)19(31-21(27)28)11-15-7-9-18(29-15)16-10-13(22(24,25)26)4-8-17(16)23/h2-11H,1H3/b19-11-. The van der Waals surface area contributed by atoms with E-state index in [9.17, 15) is 18.0 Å². The highest BCUT2D eigenvalue weighted by Crippen LogP contribution is 2.39. The first-order chi connectivity index (χ1) is 14.6. The van der Waals surface area contributed by atoms with Gasteiger partial charge in [0.25, 0.3) is 5.24 Å². The summed E-state index contributed by atoms with van der Waals surface area (Å²) in [6, 6.07) is 13.5. The highest BCUT2D eigenvalue weighted by atomic mass is 35.5. The summed E-state index contributed by atoms with van der Waals surface area (Å²) in [6.45, 7) is 1.94. The van der Waals surface area contributed by atoms with Gasteiger partial charge in [-0.25, -0.2) is 0 Å². The number of hydrogen-bond donors (Lipinski definition) is 0. The smallest absolute Gasteiger partial charge is 0.416 e. The van der Waals surface area contributed by atoms with Gasteiger partial charge in [-0.2, -0.15) is 13.2 Å². The van der Waals surface area contributed by atoms with E-state index < -0.39 is 11.7 Å². The van der Waals surface area contributed by atoms with Gasteiger partial charge in [0.15, 0.2) is 0 Å². The predicted octanol–water partition coefficient (Wildman–Crippen LogP) is 7.97. The van der Waals surface area contributed by atoms with E-state index in [1.54, 1.807) is 12.1 Å². The monoisotopic (exact) mass is 479 g/mol. The van der Waals surface area contributed by atoms with Crippen molar-refractivity contribution in [3.63, 3.8) is 0 Å². The highest BCUT2D eigenvalue weighted by molar-refractivity contribution is 8.20. The van der Waals surface area contributed by atoms with E-state index >= 15 is 0 Å². The molecule has 1 aliphatic heterocycles. The maximum atomic E-state index is 13.0. The van der Waals surface area contributed by atoms with Crippen LogP contribution in [0.2, 0.25) is 5.02 Å². The van der Waals surface area contributed by atoms with Gasteiger partial charge in [-0.1, -0.05) is 41.5 Å². The van der Waals surface area contributed by atoms with Crippen molar-refractivity contribution >= 4 is 57.6 Å². The Balaban J connectivity index is 1.63. The lowest BCUT2D eigenvalue weighted by Gasteiger charge is -2.14. The normalized spacial score (nSPS) is 15.9. The largest absolute Gasteiger partial charge is 0.457 e. The molecule has 2 aromatic carbocycles. The second-order valence-electron chi connectivity index (χ2n) is 6.75. The van der Waals surface area contributed by atoms with Crippen LogP contribution in [-0.4, -0.2) is 10.2 Å². The van der Waals surface area contributed by atoms with Gasteiger partial charge >= 0.3 is 6.18 Å². The molecule has 0 unspecified atom stereocenters. The van der Waals surface area contributed by atoms with E-state index in [1.165, 1.54) is 17.0 Å². The molecule has 3 nitrogen and oxygen atoms in total. The van der Waals surface area contributed by atoms with E-state index in [4.69, 9.17) is 28.2 Å². The van der Waals surface area contributed by atoms with Gasteiger partial charge < -0.3 is 4.42 Å². The average Bonchev–Trinajstić information content (AvgIpc) is 3.27. The van der Waals surface area contributed by atoms with Crippen molar-refractivity contribution in [3.8, 4) is 11.3 Å². The van der Waals surface area contributed by atoms with Crippen molar-refractivity contribution in [2.75, 3.05) is 4.90 Å². The molecule has 2 heterocycles. The summed E-state index contributed by atoms with van der Waals surface area (Å²) in [6.07, 6.45) is -2.91. The summed E-state index contributed by atoms with van der Waals surface area (Å²) in [7, 11) is 0. The molecule has 0 spiro atoms. The number of alkyl halides is 3. The van der Waals surface area contributed by atoms with Crippen LogP contribution in [-0.2, 0) is 6.18 Å². The number of halogens is 4. The number of furan rings is 1. The van der Waals surface area contributed by atoms with Crippen LogP contribution in [0.15, 0.2) is 63.9 Å². The van der Waals surface area contributed by atoms with E-state index in [-0.39, 0.29) is 21.6 Å². The Hall–Kier alpha value is -2.55. The third kappa shape index (κ3) is 4.42. The molecule has 0 aliphatic carbocycles. The summed E-state index contributed by atoms with van der Waals surface area (Å²) in [5.41, 5.74) is 1.02. The minimum absolute atomic E-state index is 0.125. The minimum Gasteiger partial charge on any atom is -0.457 e. The zero-order chi connectivity index (χ0) is 22.3. The molecule has 1 saturated heterocycles. The molecular formula is C22H13ClF3NO2S2. The number of anilines is 1. The molecule has 1 fully saturated rings. The molecule has 0 atom stereocenters. The number of hydrogen-bond acceptors (Lipinski definition) is 4. The van der Waals surface area contributed by atoms with Crippen LogP contribution in [0.5, 0.6) is 0 Å². The summed E-state index contributed by atoms with van der Waals surface area (Å²) < 4.78 is 44.8. The molecule has 0 radical (unpaired) electrons. The molecule has 0 bridgehead atoms. The van der Waals surface area contributed by atoms with Gasteiger partial charge in [-0.05, 0) is 67.2 Å². The van der Waals surface area contributed by atoms with Gasteiger partial charge in [0.05, 0.1) is 21.2 Å². The maximum absolute atomic E-state index is 13.0. The summed E-state index contributed by atoms with van der Waals surface area (Å²) in [4.78, 5) is 14.7. The molecule has 31 heavy (non-hydrogen) atoms. The van der Waals surface area contributed by atoms with E-state index in [1.807, 2.05) is 31.2 Å². The van der Waals surface area contributed by atoms with Crippen LogP contribution < -0.4 is 4.90 Å². The van der Waals surface area contributed by atoms with Crippen LogP contribution in [0.4, 0.5) is 23.7 Å². The van der Waals surface area contributed by atoms with Gasteiger partial charge in [0.1, 0.15) is 16.5 Å². The first kappa shape index (κ1) is 21.7.